The molecule has 0 aliphatic heterocycles. The van der Waals surface area contributed by atoms with E-state index in [9.17, 15) is 0 Å². The van der Waals surface area contributed by atoms with Crippen LogP contribution in [0, 0.1) is 0 Å². The summed E-state index contributed by atoms with van der Waals surface area (Å²) in [7, 11) is 0. The highest BCUT2D eigenvalue weighted by molar-refractivity contribution is 7.99. The van der Waals surface area contributed by atoms with E-state index in [1.54, 1.807) is 11.8 Å². The van der Waals surface area contributed by atoms with Crippen LogP contribution in [0.2, 0.25) is 0 Å². The van der Waals surface area contributed by atoms with Gasteiger partial charge >= 0.3 is 6.01 Å². The second-order valence-corrected chi connectivity index (χ2v) is 6.37. The summed E-state index contributed by atoms with van der Waals surface area (Å²) in [5.41, 5.74) is 0. The fourth-order valence-corrected chi connectivity index (χ4v) is 1.27. The molecule has 0 aromatic carbocycles. The number of aromatic nitrogens is 2. The molecule has 0 amide bonds. The predicted molar refractivity (Wildman–Crippen MR) is 72.4 cm³/mol. The number of nitrogens with zero attached hydrogens (tertiary/aromatic N) is 2. The van der Waals surface area contributed by atoms with E-state index in [2.05, 4.69) is 54.8 Å². The minimum atomic E-state index is 0.158. The fraction of sp³-hybridized carbons (Fsp3) is 0.818. The van der Waals surface area contributed by atoms with Crippen LogP contribution in [0.4, 0.5) is 6.01 Å². The Balaban J connectivity index is 2.40. The molecule has 0 spiro atoms. The van der Waals surface area contributed by atoms with Gasteiger partial charge in [-0.15, -0.1) is 5.10 Å². The third-order valence-electron chi connectivity index (χ3n) is 2.35. The second-order valence-electron chi connectivity index (χ2n) is 4.85. The van der Waals surface area contributed by atoms with Gasteiger partial charge in [0.2, 0.25) is 5.89 Å². The molecule has 17 heavy (non-hydrogen) atoms. The van der Waals surface area contributed by atoms with Crippen molar-refractivity contribution in [1.29, 1.82) is 0 Å². The van der Waals surface area contributed by atoms with Crippen molar-refractivity contribution >= 4 is 17.8 Å². The molecule has 1 heterocycles. The molecule has 0 aliphatic rings. The van der Waals surface area contributed by atoms with Gasteiger partial charge in [-0.25, -0.2) is 0 Å². The smallest absolute Gasteiger partial charge is 0.315 e. The molecule has 98 valence electrons. The van der Waals surface area contributed by atoms with Crippen LogP contribution in [0.15, 0.2) is 4.42 Å². The van der Waals surface area contributed by atoms with Crippen LogP contribution < -0.4 is 10.6 Å². The van der Waals surface area contributed by atoms with Crippen LogP contribution in [0.3, 0.4) is 0 Å². The lowest BCUT2D eigenvalue weighted by Crippen LogP contribution is -2.25. The van der Waals surface area contributed by atoms with Crippen molar-refractivity contribution in [2.75, 3.05) is 18.1 Å². The Morgan fingerprint density at radius 2 is 2.06 bits per heavy atom. The van der Waals surface area contributed by atoms with Crippen LogP contribution in [0.1, 0.15) is 33.6 Å². The lowest BCUT2D eigenvalue weighted by molar-refractivity contribution is 0.457. The summed E-state index contributed by atoms with van der Waals surface area (Å²) in [5, 5.41) is 14.3. The maximum atomic E-state index is 5.47. The molecule has 0 bridgehead atoms. The van der Waals surface area contributed by atoms with E-state index in [0.717, 1.165) is 6.54 Å². The first kappa shape index (κ1) is 14.3. The van der Waals surface area contributed by atoms with Gasteiger partial charge in [0.25, 0.3) is 0 Å². The fourth-order valence-electron chi connectivity index (χ4n) is 1.05. The monoisotopic (exact) mass is 258 g/mol. The van der Waals surface area contributed by atoms with Gasteiger partial charge in [-0.2, -0.15) is 11.8 Å². The van der Waals surface area contributed by atoms with Gasteiger partial charge in [-0.3, -0.25) is 0 Å². The van der Waals surface area contributed by atoms with Crippen LogP contribution in [0.5, 0.6) is 0 Å². The first-order valence-electron chi connectivity index (χ1n) is 5.78. The Labute approximate surface area is 107 Å². The highest BCUT2D eigenvalue weighted by Gasteiger charge is 2.17. The molecule has 0 aliphatic carbocycles. The Kier molecular flexibility index (Phi) is 5.27. The van der Waals surface area contributed by atoms with Gasteiger partial charge in [0.1, 0.15) is 0 Å². The van der Waals surface area contributed by atoms with E-state index in [4.69, 9.17) is 4.42 Å². The number of thioether (sulfide) groups is 1. The summed E-state index contributed by atoms with van der Waals surface area (Å²) in [5.74, 6) is 0.614. The van der Waals surface area contributed by atoms with E-state index < -0.39 is 0 Å². The van der Waals surface area contributed by atoms with Crippen molar-refractivity contribution < 1.29 is 4.42 Å². The third-order valence-corrected chi connectivity index (χ3v) is 3.60. The quantitative estimate of drug-likeness (QED) is 0.781. The second kappa shape index (κ2) is 6.26. The summed E-state index contributed by atoms with van der Waals surface area (Å²) in [6, 6.07) is 0.904. The molecule has 2 N–H and O–H groups in total. The number of hydrogen-bond acceptors (Lipinski definition) is 6. The Bertz CT molecular complexity index is 338. The number of hydrogen-bond donors (Lipinski definition) is 2. The molecule has 0 fully saturated rings. The minimum Gasteiger partial charge on any atom is -0.407 e. The zero-order valence-corrected chi connectivity index (χ0v) is 12.0. The van der Waals surface area contributed by atoms with Crippen molar-refractivity contribution in [3.05, 3.63) is 5.89 Å². The van der Waals surface area contributed by atoms with Crippen LogP contribution >= 0.6 is 11.8 Å². The van der Waals surface area contributed by atoms with E-state index in [1.165, 1.54) is 0 Å². The third kappa shape index (κ3) is 5.41. The largest absolute Gasteiger partial charge is 0.407 e. The van der Waals surface area contributed by atoms with Crippen LogP contribution in [-0.2, 0) is 6.54 Å². The van der Waals surface area contributed by atoms with E-state index in [1.807, 2.05) is 0 Å². The van der Waals surface area contributed by atoms with Crippen molar-refractivity contribution in [1.82, 2.24) is 15.5 Å². The molecule has 0 radical (unpaired) electrons. The standard InChI is InChI=1S/C11H22N4OS/c1-8(2)12-6-9-14-15-10(16-9)13-7-11(3,4)17-5/h8,12H,6-7H2,1-5H3,(H,13,15). The van der Waals surface area contributed by atoms with Crippen molar-refractivity contribution in [2.24, 2.45) is 0 Å². The molecule has 1 aromatic heterocycles. The maximum absolute atomic E-state index is 5.47. The Morgan fingerprint density at radius 3 is 2.65 bits per heavy atom. The molecule has 0 saturated heterocycles. The van der Waals surface area contributed by atoms with Gasteiger partial charge < -0.3 is 15.1 Å². The molecule has 1 rings (SSSR count). The lowest BCUT2D eigenvalue weighted by atomic mass is 10.2. The average molecular weight is 258 g/mol. The summed E-state index contributed by atoms with van der Waals surface area (Å²) in [4.78, 5) is 0. The van der Waals surface area contributed by atoms with Gasteiger partial charge in [0, 0.05) is 17.3 Å². The van der Waals surface area contributed by atoms with Crippen molar-refractivity contribution in [3.8, 4) is 0 Å². The van der Waals surface area contributed by atoms with Gasteiger partial charge in [-0.1, -0.05) is 18.9 Å². The van der Waals surface area contributed by atoms with Gasteiger partial charge in [0.15, 0.2) is 0 Å². The van der Waals surface area contributed by atoms with E-state index in [-0.39, 0.29) is 4.75 Å². The van der Waals surface area contributed by atoms with Crippen molar-refractivity contribution in [3.63, 3.8) is 0 Å². The first-order valence-corrected chi connectivity index (χ1v) is 7.00. The average Bonchev–Trinajstić information content (AvgIpc) is 2.72. The summed E-state index contributed by atoms with van der Waals surface area (Å²) < 4.78 is 5.63. The molecular weight excluding hydrogens is 236 g/mol. The molecular formula is C11H22N4OS. The lowest BCUT2D eigenvalue weighted by Gasteiger charge is -2.21. The molecule has 5 nitrogen and oxygen atoms in total. The molecule has 0 unspecified atom stereocenters. The first-order chi connectivity index (χ1) is 7.93. The minimum absolute atomic E-state index is 0.158. The van der Waals surface area contributed by atoms with Crippen LogP contribution in [-0.4, -0.2) is 33.8 Å². The molecule has 6 heteroatoms. The molecule has 1 aromatic rings. The van der Waals surface area contributed by atoms with E-state index in [0.29, 0.717) is 24.5 Å². The van der Waals surface area contributed by atoms with E-state index >= 15 is 0 Å². The normalized spacial score (nSPS) is 12.1. The van der Waals surface area contributed by atoms with Crippen molar-refractivity contribution in [2.45, 2.75) is 45.0 Å². The predicted octanol–water partition coefficient (Wildman–Crippen LogP) is 2.12. The SMILES string of the molecule is CSC(C)(C)CNc1nnc(CNC(C)C)o1. The highest BCUT2D eigenvalue weighted by Crippen LogP contribution is 2.21. The summed E-state index contributed by atoms with van der Waals surface area (Å²) >= 11 is 1.80. The summed E-state index contributed by atoms with van der Waals surface area (Å²) in [6.07, 6.45) is 2.09. The zero-order chi connectivity index (χ0) is 12.9. The molecule has 0 saturated carbocycles. The topological polar surface area (TPSA) is 63.0 Å². The Hall–Kier alpha value is -0.750. The highest BCUT2D eigenvalue weighted by atomic mass is 32.2. The maximum Gasteiger partial charge on any atom is 0.315 e. The zero-order valence-electron chi connectivity index (χ0n) is 11.2. The number of rotatable bonds is 7. The van der Waals surface area contributed by atoms with Gasteiger partial charge in [-0.05, 0) is 20.1 Å². The Morgan fingerprint density at radius 1 is 1.35 bits per heavy atom. The number of anilines is 1. The number of nitrogens with one attached hydrogen (secondary N) is 2. The molecule has 0 atom stereocenters. The van der Waals surface area contributed by atoms with Gasteiger partial charge in [0.05, 0.1) is 6.54 Å². The van der Waals surface area contributed by atoms with Crippen LogP contribution in [0.25, 0.3) is 0 Å². The summed E-state index contributed by atoms with van der Waals surface area (Å²) in [6.45, 7) is 9.91.